The predicted molar refractivity (Wildman–Crippen MR) is 96.7 cm³/mol. The zero-order chi connectivity index (χ0) is 17.7. The fourth-order valence-electron chi connectivity index (χ4n) is 1.88. The molecule has 0 saturated heterocycles. The molecule has 1 heterocycles. The number of carbonyl (C=O) groups is 2. The van der Waals surface area contributed by atoms with E-state index in [4.69, 9.17) is 11.6 Å². The average Bonchev–Trinajstić information content (AvgIpc) is 2.98. The molecule has 24 heavy (non-hydrogen) atoms. The predicted octanol–water partition coefficient (Wildman–Crippen LogP) is 3.98. The molecule has 2 aromatic rings. The second-order valence-electron chi connectivity index (χ2n) is 5.61. The highest BCUT2D eigenvalue weighted by atomic mass is 35.5. The number of amides is 2. The van der Waals surface area contributed by atoms with E-state index in [1.54, 1.807) is 18.2 Å². The summed E-state index contributed by atoms with van der Waals surface area (Å²) in [4.78, 5) is 23.9. The van der Waals surface area contributed by atoms with E-state index in [0.717, 1.165) is 10.6 Å². The lowest BCUT2D eigenvalue weighted by atomic mass is 10.2. The maximum absolute atomic E-state index is 12.0. The number of hydrogen-bond donors (Lipinski definition) is 2. The van der Waals surface area contributed by atoms with E-state index >= 15 is 0 Å². The molecular formula is C16H19ClN4O2S. The van der Waals surface area contributed by atoms with Crippen LogP contribution in [0.2, 0.25) is 5.02 Å². The summed E-state index contributed by atoms with van der Waals surface area (Å²) in [5.41, 5.74) is 1.45. The third-order valence-corrected chi connectivity index (χ3v) is 4.85. The minimum atomic E-state index is -0.264. The minimum Gasteiger partial charge on any atom is -0.326 e. The molecule has 8 heteroatoms. The van der Waals surface area contributed by atoms with Crippen molar-refractivity contribution in [3.05, 3.63) is 33.8 Å². The minimum absolute atomic E-state index is 0.0715. The molecule has 0 saturated carbocycles. The Morgan fingerprint density at radius 2 is 1.83 bits per heavy atom. The Hall–Kier alpha value is -1.99. The van der Waals surface area contributed by atoms with Gasteiger partial charge in [-0.05, 0) is 24.6 Å². The monoisotopic (exact) mass is 366 g/mol. The van der Waals surface area contributed by atoms with Crippen molar-refractivity contribution in [2.24, 2.45) is 0 Å². The van der Waals surface area contributed by atoms with Crippen molar-refractivity contribution in [3.63, 3.8) is 0 Å². The van der Waals surface area contributed by atoms with Gasteiger partial charge in [-0.3, -0.25) is 9.59 Å². The van der Waals surface area contributed by atoms with Gasteiger partial charge in [0.2, 0.25) is 16.9 Å². The second kappa shape index (κ2) is 8.21. The lowest BCUT2D eigenvalue weighted by molar-refractivity contribution is -0.121. The Morgan fingerprint density at radius 3 is 2.46 bits per heavy atom. The van der Waals surface area contributed by atoms with E-state index < -0.39 is 0 Å². The van der Waals surface area contributed by atoms with Crippen LogP contribution in [0.5, 0.6) is 0 Å². The molecule has 0 spiro atoms. The zero-order valence-corrected chi connectivity index (χ0v) is 15.3. The number of aromatic nitrogens is 2. The third-order valence-electron chi connectivity index (χ3n) is 3.30. The molecule has 0 aliphatic rings. The number of carbonyl (C=O) groups excluding carboxylic acids is 2. The van der Waals surface area contributed by atoms with E-state index in [-0.39, 0.29) is 30.6 Å². The molecule has 0 radical (unpaired) electrons. The Bertz CT molecular complexity index is 745. The largest absolute Gasteiger partial charge is 0.326 e. The molecule has 2 N–H and O–H groups in total. The molecule has 0 aliphatic carbocycles. The molecule has 0 fully saturated rings. The summed E-state index contributed by atoms with van der Waals surface area (Å²) in [5.74, 6) is -0.241. The molecular weight excluding hydrogens is 348 g/mol. The Kier molecular flexibility index (Phi) is 6.28. The SMILES string of the molecule is Cc1c(Cl)cccc1NC(=O)CCC(=O)Nc1nnc(C(C)C)s1. The molecule has 1 aromatic carbocycles. The molecule has 128 valence electrons. The normalized spacial score (nSPS) is 10.7. The standard InChI is InChI=1S/C16H19ClN4O2S/c1-9(2)15-20-21-16(24-15)19-14(23)8-7-13(22)18-12-6-4-5-11(17)10(12)3/h4-6,9H,7-8H2,1-3H3,(H,18,22)(H,19,21,23). The van der Waals surface area contributed by atoms with Crippen molar-refractivity contribution < 1.29 is 9.59 Å². The van der Waals surface area contributed by atoms with Crippen LogP contribution in [-0.2, 0) is 9.59 Å². The van der Waals surface area contributed by atoms with Crippen LogP contribution in [0, 0.1) is 6.92 Å². The number of nitrogens with zero attached hydrogens (tertiary/aromatic N) is 2. The summed E-state index contributed by atoms with van der Waals surface area (Å²) >= 11 is 7.35. The maximum atomic E-state index is 12.0. The van der Waals surface area contributed by atoms with Crippen LogP contribution in [-0.4, -0.2) is 22.0 Å². The second-order valence-corrected chi connectivity index (χ2v) is 7.03. The maximum Gasteiger partial charge on any atom is 0.226 e. The van der Waals surface area contributed by atoms with E-state index in [9.17, 15) is 9.59 Å². The van der Waals surface area contributed by atoms with Gasteiger partial charge in [0.25, 0.3) is 0 Å². The molecule has 2 amide bonds. The lowest BCUT2D eigenvalue weighted by Crippen LogP contribution is -2.17. The summed E-state index contributed by atoms with van der Waals surface area (Å²) in [5, 5.41) is 15.2. The highest BCUT2D eigenvalue weighted by Gasteiger charge is 2.13. The Balaban J connectivity index is 1.82. The van der Waals surface area contributed by atoms with Gasteiger partial charge in [-0.2, -0.15) is 0 Å². The average molecular weight is 367 g/mol. The Morgan fingerprint density at radius 1 is 1.17 bits per heavy atom. The number of nitrogens with one attached hydrogen (secondary N) is 2. The van der Waals surface area contributed by atoms with Crippen LogP contribution in [0.15, 0.2) is 18.2 Å². The van der Waals surface area contributed by atoms with Crippen molar-refractivity contribution in [3.8, 4) is 0 Å². The van der Waals surface area contributed by atoms with E-state index in [2.05, 4.69) is 20.8 Å². The van der Waals surface area contributed by atoms with Gasteiger partial charge in [-0.25, -0.2) is 0 Å². The molecule has 0 aliphatic heterocycles. The van der Waals surface area contributed by atoms with Crippen LogP contribution in [0.1, 0.15) is 43.2 Å². The summed E-state index contributed by atoms with van der Waals surface area (Å²) in [6, 6.07) is 5.29. The first kappa shape index (κ1) is 18.4. The highest BCUT2D eigenvalue weighted by molar-refractivity contribution is 7.15. The van der Waals surface area contributed by atoms with Crippen LogP contribution in [0.3, 0.4) is 0 Å². The van der Waals surface area contributed by atoms with Crippen molar-refractivity contribution in [2.45, 2.75) is 39.5 Å². The summed E-state index contributed by atoms with van der Waals surface area (Å²) < 4.78 is 0. The van der Waals surface area contributed by atoms with Crippen molar-refractivity contribution in [1.82, 2.24) is 10.2 Å². The molecule has 1 aromatic heterocycles. The van der Waals surface area contributed by atoms with E-state index in [1.807, 2.05) is 20.8 Å². The molecule has 6 nitrogen and oxygen atoms in total. The first-order chi connectivity index (χ1) is 11.4. The first-order valence-corrected chi connectivity index (χ1v) is 8.74. The number of hydrogen-bond acceptors (Lipinski definition) is 5. The number of anilines is 2. The quantitative estimate of drug-likeness (QED) is 0.809. The van der Waals surface area contributed by atoms with E-state index in [1.165, 1.54) is 11.3 Å². The number of benzene rings is 1. The summed E-state index contributed by atoms with van der Waals surface area (Å²) in [6.45, 7) is 5.84. The smallest absolute Gasteiger partial charge is 0.226 e. The highest BCUT2D eigenvalue weighted by Crippen LogP contribution is 2.24. The topological polar surface area (TPSA) is 84.0 Å². The molecule has 0 bridgehead atoms. The molecule has 0 atom stereocenters. The molecule has 2 rings (SSSR count). The van der Waals surface area contributed by atoms with Crippen LogP contribution < -0.4 is 10.6 Å². The van der Waals surface area contributed by atoms with Crippen molar-refractivity contribution in [2.75, 3.05) is 10.6 Å². The lowest BCUT2D eigenvalue weighted by Gasteiger charge is -2.09. The van der Waals surface area contributed by atoms with Gasteiger partial charge in [0, 0.05) is 29.5 Å². The van der Waals surface area contributed by atoms with Gasteiger partial charge >= 0.3 is 0 Å². The van der Waals surface area contributed by atoms with Gasteiger partial charge in [0.1, 0.15) is 5.01 Å². The summed E-state index contributed by atoms with van der Waals surface area (Å²) in [6.07, 6.45) is 0.148. The Labute approximate surface area is 149 Å². The van der Waals surface area contributed by atoms with Gasteiger partial charge in [0.05, 0.1) is 0 Å². The fraction of sp³-hybridized carbons (Fsp3) is 0.375. The number of halogens is 1. The zero-order valence-electron chi connectivity index (χ0n) is 13.7. The summed E-state index contributed by atoms with van der Waals surface area (Å²) in [7, 11) is 0. The van der Waals surface area contributed by atoms with Crippen LogP contribution >= 0.6 is 22.9 Å². The van der Waals surface area contributed by atoms with Crippen molar-refractivity contribution >= 4 is 45.6 Å². The number of rotatable bonds is 6. The first-order valence-electron chi connectivity index (χ1n) is 7.55. The third kappa shape index (κ3) is 5.01. The van der Waals surface area contributed by atoms with Gasteiger partial charge in [-0.15, -0.1) is 10.2 Å². The van der Waals surface area contributed by atoms with Crippen LogP contribution in [0.25, 0.3) is 0 Å². The van der Waals surface area contributed by atoms with E-state index in [0.29, 0.717) is 15.8 Å². The van der Waals surface area contributed by atoms with Gasteiger partial charge < -0.3 is 10.6 Å². The van der Waals surface area contributed by atoms with Crippen LogP contribution in [0.4, 0.5) is 10.8 Å². The van der Waals surface area contributed by atoms with Gasteiger partial charge in [-0.1, -0.05) is 42.9 Å². The van der Waals surface area contributed by atoms with Gasteiger partial charge in [0.15, 0.2) is 0 Å². The fourth-order valence-corrected chi connectivity index (χ4v) is 2.82. The van der Waals surface area contributed by atoms with Crippen molar-refractivity contribution in [1.29, 1.82) is 0 Å². The molecule has 0 unspecified atom stereocenters.